The average molecular weight is 259 g/mol. The summed E-state index contributed by atoms with van der Waals surface area (Å²) in [6.45, 7) is -0.115. The van der Waals surface area contributed by atoms with Gasteiger partial charge in [0.1, 0.15) is 0 Å². The number of rotatable bonds is 4. The Morgan fingerprint density at radius 3 is 2.89 bits per heavy atom. The van der Waals surface area contributed by atoms with Gasteiger partial charge in [-0.25, -0.2) is 4.98 Å². The van der Waals surface area contributed by atoms with Crippen molar-refractivity contribution in [2.75, 3.05) is 5.32 Å². The first-order chi connectivity index (χ1) is 9.35. The zero-order chi connectivity index (χ0) is 13.1. The van der Waals surface area contributed by atoms with Crippen LogP contribution in [0.3, 0.4) is 0 Å². The summed E-state index contributed by atoms with van der Waals surface area (Å²) < 4.78 is 0. The van der Waals surface area contributed by atoms with Crippen LogP contribution in [0, 0.1) is 0 Å². The largest absolute Gasteiger partial charge is 0.390 e. The van der Waals surface area contributed by atoms with E-state index in [4.69, 9.17) is 5.11 Å². The number of aliphatic hydroxyl groups is 1. The fraction of sp³-hybridized carbons (Fsp3) is 0.462. The Hall–Kier alpha value is -1.95. The van der Waals surface area contributed by atoms with Crippen LogP contribution in [-0.2, 0) is 6.61 Å². The Balaban J connectivity index is 1.72. The number of aromatic nitrogens is 4. The van der Waals surface area contributed by atoms with E-state index in [0.717, 1.165) is 5.82 Å². The van der Waals surface area contributed by atoms with Gasteiger partial charge in [-0.1, -0.05) is 12.8 Å². The van der Waals surface area contributed by atoms with E-state index in [-0.39, 0.29) is 6.61 Å². The van der Waals surface area contributed by atoms with Crippen LogP contribution in [0.25, 0.3) is 0 Å². The lowest BCUT2D eigenvalue weighted by Gasteiger charge is -2.04. The van der Waals surface area contributed by atoms with Gasteiger partial charge in [0.25, 0.3) is 0 Å². The molecule has 0 unspecified atom stereocenters. The number of aromatic amines is 1. The first-order valence-corrected chi connectivity index (χ1v) is 6.59. The van der Waals surface area contributed by atoms with Crippen molar-refractivity contribution in [3.05, 3.63) is 29.8 Å². The Morgan fingerprint density at radius 1 is 1.26 bits per heavy atom. The summed E-state index contributed by atoms with van der Waals surface area (Å²) in [7, 11) is 0. The molecule has 0 aliphatic heterocycles. The summed E-state index contributed by atoms with van der Waals surface area (Å²) in [6.07, 6.45) is 8.23. The van der Waals surface area contributed by atoms with Gasteiger partial charge in [0, 0.05) is 17.7 Å². The molecule has 0 amide bonds. The summed E-state index contributed by atoms with van der Waals surface area (Å²) in [6, 6.07) is 2.03. The van der Waals surface area contributed by atoms with Crippen LogP contribution in [0.1, 0.15) is 43.0 Å². The Bertz CT molecular complexity index is 547. The van der Waals surface area contributed by atoms with Crippen molar-refractivity contribution in [1.29, 1.82) is 0 Å². The molecule has 1 saturated carbocycles. The van der Waals surface area contributed by atoms with Gasteiger partial charge in [-0.15, -0.1) is 0 Å². The van der Waals surface area contributed by atoms with Crippen LogP contribution < -0.4 is 5.32 Å². The van der Waals surface area contributed by atoms with E-state index in [0.29, 0.717) is 17.4 Å². The molecule has 100 valence electrons. The minimum Gasteiger partial charge on any atom is -0.390 e. The fourth-order valence-electron chi connectivity index (χ4n) is 2.52. The molecule has 6 nitrogen and oxygen atoms in total. The molecule has 2 heterocycles. The second-order valence-electron chi connectivity index (χ2n) is 4.87. The third-order valence-electron chi connectivity index (χ3n) is 3.50. The minimum atomic E-state index is -0.115. The molecule has 19 heavy (non-hydrogen) atoms. The topological polar surface area (TPSA) is 86.7 Å². The highest BCUT2D eigenvalue weighted by Crippen LogP contribution is 2.33. The van der Waals surface area contributed by atoms with Crippen LogP contribution in [0.5, 0.6) is 0 Å². The van der Waals surface area contributed by atoms with Gasteiger partial charge in [0.2, 0.25) is 0 Å². The molecule has 1 fully saturated rings. The summed E-state index contributed by atoms with van der Waals surface area (Å²) >= 11 is 0. The molecule has 0 aromatic carbocycles. The highest BCUT2D eigenvalue weighted by Gasteiger charge is 2.19. The Morgan fingerprint density at radius 2 is 2.11 bits per heavy atom. The molecular weight excluding hydrogens is 242 g/mol. The summed E-state index contributed by atoms with van der Waals surface area (Å²) in [4.78, 5) is 8.23. The van der Waals surface area contributed by atoms with Crippen molar-refractivity contribution in [2.45, 2.75) is 38.2 Å². The van der Waals surface area contributed by atoms with Crippen LogP contribution in [-0.4, -0.2) is 25.3 Å². The van der Waals surface area contributed by atoms with Gasteiger partial charge in [0.15, 0.2) is 11.6 Å². The molecular formula is C13H17N5O. The number of hydrogen-bond donors (Lipinski definition) is 3. The highest BCUT2D eigenvalue weighted by molar-refractivity contribution is 5.51. The average Bonchev–Trinajstić information content (AvgIpc) is 3.09. The van der Waals surface area contributed by atoms with Crippen LogP contribution in [0.2, 0.25) is 0 Å². The minimum absolute atomic E-state index is 0.115. The van der Waals surface area contributed by atoms with E-state index < -0.39 is 0 Å². The second kappa shape index (κ2) is 5.36. The van der Waals surface area contributed by atoms with Crippen molar-refractivity contribution in [2.24, 2.45) is 0 Å². The SMILES string of the molecule is OCc1cncc(Nc2cc(C3CCCC3)[nH]n2)n1. The van der Waals surface area contributed by atoms with Gasteiger partial charge < -0.3 is 10.4 Å². The standard InChI is InChI=1S/C13H17N5O/c19-8-10-6-14-7-13(15-10)16-12-5-11(17-18-12)9-3-1-2-4-9/h5-7,9,19H,1-4,8H2,(H2,15,16,17,18). The highest BCUT2D eigenvalue weighted by atomic mass is 16.3. The Labute approximate surface area is 111 Å². The van der Waals surface area contributed by atoms with Gasteiger partial charge in [-0.05, 0) is 12.8 Å². The molecule has 3 N–H and O–H groups in total. The Kier molecular flexibility index (Phi) is 3.41. The van der Waals surface area contributed by atoms with Crippen molar-refractivity contribution in [1.82, 2.24) is 20.2 Å². The molecule has 0 spiro atoms. The predicted octanol–water partition coefficient (Wildman–Crippen LogP) is 2.09. The predicted molar refractivity (Wildman–Crippen MR) is 71.0 cm³/mol. The lowest BCUT2D eigenvalue weighted by molar-refractivity contribution is 0.276. The number of hydrogen-bond acceptors (Lipinski definition) is 5. The normalized spacial score (nSPS) is 15.8. The van der Waals surface area contributed by atoms with Gasteiger partial charge in [-0.2, -0.15) is 5.10 Å². The zero-order valence-electron chi connectivity index (χ0n) is 10.6. The second-order valence-corrected chi connectivity index (χ2v) is 4.87. The molecule has 0 atom stereocenters. The molecule has 3 rings (SSSR count). The number of aliphatic hydroxyl groups excluding tert-OH is 1. The number of nitrogens with zero attached hydrogens (tertiary/aromatic N) is 3. The van der Waals surface area contributed by atoms with Crippen LogP contribution in [0.4, 0.5) is 11.6 Å². The van der Waals surface area contributed by atoms with Crippen molar-refractivity contribution >= 4 is 11.6 Å². The van der Waals surface area contributed by atoms with Crippen LogP contribution >= 0.6 is 0 Å². The maximum atomic E-state index is 9.02. The van der Waals surface area contributed by atoms with Crippen LogP contribution in [0.15, 0.2) is 18.5 Å². The van der Waals surface area contributed by atoms with E-state index in [1.165, 1.54) is 31.4 Å². The lowest BCUT2D eigenvalue weighted by atomic mass is 10.0. The van der Waals surface area contributed by atoms with Crippen molar-refractivity contribution in [3.8, 4) is 0 Å². The van der Waals surface area contributed by atoms with E-state index in [2.05, 4.69) is 25.5 Å². The summed E-state index contributed by atoms with van der Waals surface area (Å²) in [5.74, 6) is 1.94. The number of H-pyrrole nitrogens is 1. The van der Waals surface area contributed by atoms with E-state index in [9.17, 15) is 0 Å². The van der Waals surface area contributed by atoms with E-state index in [1.807, 2.05) is 6.07 Å². The quantitative estimate of drug-likeness (QED) is 0.782. The molecule has 0 bridgehead atoms. The third kappa shape index (κ3) is 2.73. The molecule has 6 heteroatoms. The smallest absolute Gasteiger partial charge is 0.153 e. The monoisotopic (exact) mass is 259 g/mol. The molecule has 0 saturated heterocycles. The zero-order valence-corrected chi connectivity index (χ0v) is 10.6. The van der Waals surface area contributed by atoms with Crippen molar-refractivity contribution < 1.29 is 5.11 Å². The lowest BCUT2D eigenvalue weighted by Crippen LogP contribution is -1.98. The van der Waals surface area contributed by atoms with Gasteiger partial charge in [-0.3, -0.25) is 10.1 Å². The van der Waals surface area contributed by atoms with Crippen molar-refractivity contribution in [3.63, 3.8) is 0 Å². The number of anilines is 2. The van der Waals surface area contributed by atoms with Gasteiger partial charge in [0.05, 0.1) is 24.7 Å². The molecule has 1 aliphatic carbocycles. The van der Waals surface area contributed by atoms with Gasteiger partial charge >= 0.3 is 0 Å². The molecule has 0 radical (unpaired) electrons. The van der Waals surface area contributed by atoms with E-state index >= 15 is 0 Å². The molecule has 2 aromatic rings. The molecule has 2 aromatic heterocycles. The fourth-order valence-corrected chi connectivity index (χ4v) is 2.52. The molecule has 1 aliphatic rings. The first kappa shape index (κ1) is 12.1. The first-order valence-electron chi connectivity index (χ1n) is 6.59. The summed E-state index contributed by atoms with van der Waals surface area (Å²) in [5.41, 5.74) is 1.72. The summed E-state index contributed by atoms with van der Waals surface area (Å²) in [5, 5.41) is 19.5. The number of nitrogens with one attached hydrogen (secondary N) is 2. The maximum absolute atomic E-state index is 9.02. The van der Waals surface area contributed by atoms with E-state index in [1.54, 1.807) is 12.4 Å². The third-order valence-corrected chi connectivity index (χ3v) is 3.50. The maximum Gasteiger partial charge on any atom is 0.153 e.